The normalized spacial score (nSPS) is 16.8. The molecule has 0 aliphatic carbocycles. The van der Waals surface area contributed by atoms with E-state index in [1.807, 2.05) is 66.4 Å². The molecule has 5 rings (SSSR count). The number of hydrogen-bond donors (Lipinski definition) is 1. The van der Waals surface area contributed by atoms with Gasteiger partial charge in [0.05, 0.1) is 12.2 Å². The summed E-state index contributed by atoms with van der Waals surface area (Å²) in [6.07, 6.45) is 0.772. The van der Waals surface area contributed by atoms with E-state index in [1.165, 1.54) is 12.1 Å². The SMILES string of the molecule is Cc1cccc(NC(=O)CN2CN(c3ccccc3)C3(CCN(C(=O)c4ccccc4F)CC3)C2=O)c1. The van der Waals surface area contributed by atoms with Crippen LogP contribution in [0.15, 0.2) is 78.9 Å². The van der Waals surface area contributed by atoms with Gasteiger partial charge in [-0.2, -0.15) is 0 Å². The third-order valence-corrected chi connectivity index (χ3v) is 7.20. The fourth-order valence-corrected chi connectivity index (χ4v) is 5.30. The summed E-state index contributed by atoms with van der Waals surface area (Å²) in [4.78, 5) is 44.9. The van der Waals surface area contributed by atoms with Crippen molar-refractivity contribution in [3.63, 3.8) is 0 Å². The molecule has 2 saturated heterocycles. The van der Waals surface area contributed by atoms with Gasteiger partial charge in [0.25, 0.3) is 11.8 Å². The molecule has 0 unspecified atom stereocenters. The maximum Gasteiger partial charge on any atom is 0.256 e. The Kier molecular flexibility index (Phi) is 6.65. The molecule has 7 nitrogen and oxygen atoms in total. The molecule has 3 aromatic carbocycles. The Morgan fingerprint density at radius 1 is 0.946 bits per heavy atom. The van der Waals surface area contributed by atoms with Crippen molar-refractivity contribution in [2.24, 2.45) is 0 Å². The van der Waals surface area contributed by atoms with Crippen molar-refractivity contribution in [3.8, 4) is 0 Å². The van der Waals surface area contributed by atoms with Crippen LogP contribution in [0.25, 0.3) is 0 Å². The molecular weight excluding hydrogens is 471 g/mol. The molecule has 0 aromatic heterocycles. The number of nitrogens with one attached hydrogen (secondary N) is 1. The van der Waals surface area contributed by atoms with E-state index in [-0.39, 0.29) is 36.5 Å². The zero-order chi connectivity index (χ0) is 26.0. The number of carbonyl (C=O) groups excluding carboxylic acids is 3. The average Bonchev–Trinajstić information content (AvgIpc) is 3.15. The second-order valence-corrected chi connectivity index (χ2v) is 9.63. The van der Waals surface area contributed by atoms with Crippen molar-refractivity contribution in [3.05, 3.63) is 95.8 Å². The zero-order valence-electron chi connectivity index (χ0n) is 20.7. The maximum atomic E-state index is 14.2. The summed E-state index contributed by atoms with van der Waals surface area (Å²) in [5.41, 5.74) is 1.75. The summed E-state index contributed by atoms with van der Waals surface area (Å²) < 4.78 is 14.2. The third kappa shape index (κ3) is 4.79. The molecule has 0 radical (unpaired) electrons. The van der Waals surface area contributed by atoms with Gasteiger partial charge in [-0.15, -0.1) is 0 Å². The van der Waals surface area contributed by atoms with Crippen LogP contribution in [-0.2, 0) is 9.59 Å². The van der Waals surface area contributed by atoms with Gasteiger partial charge in [-0.05, 0) is 61.7 Å². The van der Waals surface area contributed by atoms with Gasteiger partial charge in [0.15, 0.2) is 0 Å². The number of amides is 3. The molecular formula is C29H29FN4O3. The number of piperidine rings is 1. The molecule has 0 saturated carbocycles. The number of carbonyl (C=O) groups is 3. The first-order valence-electron chi connectivity index (χ1n) is 12.4. The predicted octanol–water partition coefficient (Wildman–Crippen LogP) is 4.05. The number of nitrogens with zero attached hydrogens (tertiary/aromatic N) is 3. The fraction of sp³-hybridized carbons (Fsp3) is 0.276. The quantitative estimate of drug-likeness (QED) is 0.574. The van der Waals surface area contributed by atoms with E-state index in [2.05, 4.69) is 5.32 Å². The molecule has 2 heterocycles. The number of aryl methyl sites for hydroxylation is 1. The summed E-state index contributed by atoms with van der Waals surface area (Å²) >= 11 is 0. The van der Waals surface area contributed by atoms with Crippen LogP contribution in [0.3, 0.4) is 0 Å². The Morgan fingerprint density at radius 2 is 1.65 bits per heavy atom. The molecule has 1 spiro atoms. The number of halogens is 1. The fourth-order valence-electron chi connectivity index (χ4n) is 5.30. The smallest absolute Gasteiger partial charge is 0.256 e. The van der Waals surface area contributed by atoms with E-state index < -0.39 is 11.4 Å². The minimum atomic E-state index is -0.878. The summed E-state index contributed by atoms with van der Waals surface area (Å²) in [6.45, 7) is 2.77. The molecule has 8 heteroatoms. The van der Waals surface area contributed by atoms with E-state index in [9.17, 15) is 18.8 Å². The van der Waals surface area contributed by atoms with E-state index in [4.69, 9.17) is 0 Å². The molecule has 190 valence electrons. The molecule has 0 bridgehead atoms. The summed E-state index contributed by atoms with van der Waals surface area (Å²) in [5.74, 6) is -1.33. The summed E-state index contributed by atoms with van der Waals surface area (Å²) in [6, 6.07) is 23.1. The highest BCUT2D eigenvalue weighted by Gasteiger charge is 2.54. The predicted molar refractivity (Wildman–Crippen MR) is 140 cm³/mol. The van der Waals surface area contributed by atoms with Gasteiger partial charge in [-0.3, -0.25) is 14.4 Å². The lowest BCUT2D eigenvalue weighted by molar-refractivity contribution is -0.136. The molecule has 37 heavy (non-hydrogen) atoms. The lowest BCUT2D eigenvalue weighted by Gasteiger charge is -2.43. The molecule has 2 aliphatic heterocycles. The number of rotatable bonds is 5. The van der Waals surface area contributed by atoms with Crippen molar-refractivity contribution in [2.45, 2.75) is 25.3 Å². The first kappa shape index (κ1) is 24.5. The Hall–Kier alpha value is -4.20. The third-order valence-electron chi connectivity index (χ3n) is 7.20. The van der Waals surface area contributed by atoms with Crippen LogP contribution in [0, 0.1) is 12.7 Å². The molecule has 3 amide bonds. The average molecular weight is 501 g/mol. The standard InChI is InChI=1S/C29H29FN4O3/c1-21-8-7-9-22(18-21)31-26(35)19-33-20-34(23-10-3-2-4-11-23)29(28(33)37)14-16-32(17-15-29)27(36)24-12-5-6-13-25(24)30/h2-13,18H,14-17,19-20H2,1H3,(H,31,35). The molecule has 2 fully saturated rings. The van der Waals surface area contributed by atoms with Gasteiger partial charge in [-0.1, -0.05) is 42.5 Å². The minimum absolute atomic E-state index is 0.0329. The summed E-state index contributed by atoms with van der Waals surface area (Å²) in [7, 11) is 0. The second-order valence-electron chi connectivity index (χ2n) is 9.63. The maximum absolute atomic E-state index is 14.2. The number of anilines is 2. The van der Waals surface area contributed by atoms with Crippen LogP contribution in [0.4, 0.5) is 15.8 Å². The van der Waals surface area contributed by atoms with Crippen LogP contribution in [0.5, 0.6) is 0 Å². The minimum Gasteiger partial charge on any atom is -0.339 e. The Labute approximate surface area is 215 Å². The van der Waals surface area contributed by atoms with Crippen LogP contribution >= 0.6 is 0 Å². The monoisotopic (exact) mass is 500 g/mol. The van der Waals surface area contributed by atoms with Crippen LogP contribution in [-0.4, -0.2) is 59.4 Å². The highest BCUT2D eigenvalue weighted by Crippen LogP contribution is 2.39. The Balaban J connectivity index is 1.35. The van der Waals surface area contributed by atoms with Gasteiger partial charge >= 0.3 is 0 Å². The van der Waals surface area contributed by atoms with Gasteiger partial charge in [-0.25, -0.2) is 4.39 Å². The van der Waals surface area contributed by atoms with Gasteiger partial charge in [0.1, 0.15) is 17.9 Å². The second kappa shape index (κ2) is 10.0. The first-order chi connectivity index (χ1) is 17.9. The number of likely N-dealkylation sites (tertiary alicyclic amines) is 1. The molecule has 3 aromatic rings. The van der Waals surface area contributed by atoms with Crippen LogP contribution in [0.1, 0.15) is 28.8 Å². The Morgan fingerprint density at radius 3 is 2.35 bits per heavy atom. The lowest BCUT2D eigenvalue weighted by atomic mass is 9.85. The topological polar surface area (TPSA) is 73.0 Å². The molecule has 0 atom stereocenters. The number of hydrogen-bond acceptors (Lipinski definition) is 4. The van der Waals surface area contributed by atoms with E-state index in [1.54, 1.807) is 21.9 Å². The van der Waals surface area contributed by atoms with Crippen molar-refractivity contribution in [1.82, 2.24) is 9.80 Å². The summed E-state index contributed by atoms with van der Waals surface area (Å²) in [5, 5.41) is 2.88. The van der Waals surface area contributed by atoms with Crippen molar-refractivity contribution < 1.29 is 18.8 Å². The first-order valence-corrected chi connectivity index (χ1v) is 12.4. The number of para-hydroxylation sites is 1. The van der Waals surface area contributed by atoms with E-state index in [0.29, 0.717) is 31.6 Å². The van der Waals surface area contributed by atoms with Gasteiger partial charge in [0.2, 0.25) is 5.91 Å². The van der Waals surface area contributed by atoms with Gasteiger partial charge < -0.3 is 20.0 Å². The lowest BCUT2D eigenvalue weighted by Crippen LogP contribution is -2.57. The van der Waals surface area contributed by atoms with Crippen molar-refractivity contribution >= 4 is 29.1 Å². The zero-order valence-corrected chi connectivity index (χ0v) is 20.7. The highest BCUT2D eigenvalue weighted by molar-refractivity contribution is 6.00. The van der Waals surface area contributed by atoms with Crippen LogP contribution < -0.4 is 10.2 Å². The molecule has 2 aliphatic rings. The van der Waals surface area contributed by atoms with E-state index in [0.717, 1.165) is 11.3 Å². The Bertz CT molecular complexity index is 1320. The van der Waals surface area contributed by atoms with Crippen LogP contribution in [0.2, 0.25) is 0 Å². The number of benzene rings is 3. The van der Waals surface area contributed by atoms with Crippen molar-refractivity contribution in [1.29, 1.82) is 0 Å². The highest BCUT2D eigenvalue weighted by atomic mass is 19.1. The van der Waals surface area contributed by atoms with E-state index >= 15 is 0 Å². The van der Waals surface area contributed by atoms with Crippen molar-refractivity contribution in [2.75, 3.05) is 36.5 Å². The largest absolute Gasteiger partial charge is 0.339 e. The van der Waals surface area contributed by atoms with Gasteiger partial charge in [0, 0.05) is 24.5 Å². The molecule has 1 N–H and O–H groups in total.